The van der Waals surface area contributed by atoms with E-state index in [2.05, 4.69) is 45.3 Å². The first-order chi connectivity index (χ1) is 8.16. The molecular weight excluding hydrogens is 278 g/mol. The highest BCUT2D eigenvalue weighted by atomic mass is 79.9. The minimum absolute atomic E-state index is 0.189. The fourth-order valence-corrected chi connectivity index (χ4v) is 1.87. The molecule has 0 bridgehead atoms. The third kappa shape index (κ3) is 2.97. The quantitative estimate of drug-likeness (QED) is 0.908. The SMILES string of the molecule is CC(Nc1cccnc1N)c1ccc(Br)cc1. The summed E-state index contributed by atoms with van der Waals surface area (Å²) in [5.74, 6) is 0.525. The summed E-state index contributed by atoms with van der Waals surface area (Å²) in [7, 11) is 0. The maximum Gasteiger partial charge on any atom is 0.146 e. The molecule has 17 heavy (non-hydrogen) atoms. The fraction of sp³-hybridized carbons (Fsp3) is 0.154. The van der Waals surface area contributed by atoms with Crippen LogP contribution in [0.5, 0.6) is 0 Å². The standard InChI is InChI=1S/C13H14BrN3/c1-9(10-4-6-11(14)7-5-10)17-12-3-2-8-16-13(12)15/h2-9,17H,1H3,(H2,15,16). The van der Waals surface area contributed by atoms with Crippen molar-refractivity contribution in [1.82, 2.24) is 4.98 Å². The minimum Gasteiger partial charge on any atom is -0.382 e. The van der Waals surface area contributed by atoms with Gasteiger partial charge in [-0.3, -0.25) is 0 Å². The number of pyridine rings is 1. The molecule has 0 saturated carbocycles. The van der Waals surface area contributed by atoms with E-state index in [1.165, 1.54) is 5.56 Å². The van der Waals surface area contributed by atoms with Crippen molar-refractivity contribution in [2.24, 2.45) is 0 Å². The first-order valence-corrected chi connectivity index (χ1v) is 6.18. The monoisotopic (exact) mass is 291 g/mol. The summed E-state index contributed by atoms with van der Waals surface area (Å²) in [4.78, 5) is 4.05. The van der Waals surface area contributed by atoms with Gasteiger partial charge in [0.2, 0.25) is 0 Å². The van der Waals surface area contributed by atoms with Gasteiger partial charge in [0.15, 0.2) is 0 Å². The second-order valence-corrected chi connectivity index (χ2v) is 4.77. The highest BCUT2D eigenvalue weighted by Crippen LogP contribution is 2.23. The van der Waals surface area contributed by atoms with Crippen LogP contribution in [0.3, 0.4) is 0 Å². The van der Waals surface area contributed by atoms with Crippen molar-refractivity contribution in [3.8, 4) is 0 Å². The zero-order chi connectivity index (χ0) is 12.3. The highest BCUT2D eigenvalue weighted by Gasteiger charge is 2.07. The number of rotatable bonds is 3. The fourth-order valence-electron chi connectivity index (χ4n) is 1.61. The van der Waals surface area contributed by atoms with Crippen LogP contribution in [0, 0.1) is 0 Å². The van der Waals surface area contributed by atoms with Gasteiger partial charge in [0, 0.05) is 16.7 Å². The molecule has 0 aliphatic rings. The number of anilines is 2. The Hall–Kier alpha value is -1.55. The molecule has 0 saturated heterocycles. The van der Waals surface area contributed by atoms with Gasteiger partial charge >= 0.3 is 0 Å². The molecule has 0 amide bonds. The average Bonchev–Trinajstić information content (AvgIpc) is 2.33. The van der Waals surface area contributed by atoms with Crippen molar-refractivity contribution in [2.45, 2.75) is 13.0 Å². The zero-order valence-corrected chi connectivity index (χ0v) is 11.1. The number of nitrogens with two attached hydrogens (primary N) is 1. The predicted molar refractivity (Wildman–Crippen MR) is 74.8 cm³/mol. The number of nitrogen functional groups attached to an aromatic ring is 1. The molecule has 4 heteroatoms. The maximum atomic E-state index is 5.79. The van der Waals surface area contributed by atoms with Crippen molar-refractivity contribution >= 4 is 27.4 Å². The van der Waals surface area contributed by atoms with E-state index in [9.17, 15) is 0 Å². The van der Waals surface area contributed by atoms with Crippen LogP contribution < -0.4 is 11.1 Å². The van der Waals surface area contributed by atoms with Gasteiger partial charge in [0.1, 0.15) is 5.82 Å². The van der Waals surface area contributed by atoms with Crippen molar-refractivity contribution in [2.75, 3.05) is 11.1 Å². The van der Waals surface area contributed by atoms with Gasteiger partial charge in [-0.1, -0.05) is 28.1 Å². The molecule has 2 aromatic rings. The van der Waals surface area contributed by atoms with Crippen molar-refractivity contribution in [1.29, 1.82) is 0 Å². The van der Waals surface area contributed by atoms with Crippen LogP contribution in [0.1, 0.15) is 18.5 Å². The van der Waals surface area contributed by atoms with E-state index in [0.29, 0.717) is 5.82 Å². The minimum atomic E-state index is 0.189. The topological polar surface area (TPSA) is 50.9 Å². The first kappa shape index (κ1) is 11.9. The van der Waals surface area contributed by atoms with E-state index in [1.807, 2.05) is 24.3 Å². The second kappa shape index (κ2) is 5.19. The summed E-state index contributed by atoms with van der Waals surface area (Å²) in [6.45, 7) is 2.09. The lowest BCUT2D eigenvalue weighted by atomic mass is 10.1. The lowest BCUT2D eigenvalue weighted by Crippen LogP contribution is -2.08. The van der Waals surface area contributed by atoms with Gasteiger partial charge in [-0.2, -0.15) is 0 Å². The molecule has 1 atom stereocenters. The Bertz CT molecular complexity index is 496. The van der Waals surface area contributed by atoms with E-state index in [-0.39, 0.29) is 6.04 Å². The molecule has 1 aromatic carbocycles. The number of hydrogen-bond donors (Lipinski definition) is 2. The van der Waals surface area contributed by atoms with Gasteiger partial charge in [-0.05, 0) is 36.8 Å². The molecule has 0 spiro atoms. The van der Waals surface area contributed by atoms with Gasteiger partial charge in [0.25, 0.3) is 0 Å². The third-order valence-electron chi connectivity index (χ3n) is 2.58. The Balaban J connectivity index is 2.14. The average molecular weight is 292 g/mol. The smallest absolute Gasteiger partial charge is 0.146 e. The molecule has 1 heterocycles. The molecule has 0 aliphatic heterocycles. The Morgan fingerprint density at radius 2 is 1.94 bits per heavy atom. The van der Waals surface area contributed by atoms with Crippen LogP contribution in [-0.2, 0) is 0 Å². The molecule has 3 N–H and O–H groups in total. The molecule has 0 radical (unpaired) electrons. The largest absolute Gasteiger partial charge is 0.382 e. The van der Waals surface area contributed by atoms with E-state index < -0.39 is 0 Å². The second-order valence-electron chi connectivity index (χ2n) is 3.85. The van der Waals surface area contributed by atoms with Crippen LogP contribution in [0.25, 0.3) is 0 Å². The number of hydrogen-bond acceptors (Lipinski definition) is 3. The summed E-state index contributed by atoms with van der Waals surface area (Å²) in [5.41, 5.74) is 7.86. The molecule has 88 valence electrons. The number of halogens is 1. The van der Waals surface area contributed by atoms with Crippen LogP contribution in [0.2, 0.25) is 0 Å². The molecule has 1 aromatic heterocycles. The Morgan fingerprint density at radius 1 is 1.24 bits per heavy atom. The van der Waals surface area contributed by atoms with Crippen LogP contribution in [0.15, 0.2) is 47.1 Å². The molecule has 1 unspecified atom stereocenters. The Morgan fingerprint density at radius 3 is 2.59 bits per heavy atom. The van der Waals surface area contributed by atoms with Gasteiger partial charge in [0.05, 0.1) is 5.69 Å². The lowest BCUT2D eigenvalue weighted by Gasteiger charge is -2.16. The highest BCUT2D eigenvalue weighted by molar-refractivity contribution is 9.10. The van der Waals surface area contributed by atoms with Crippen molar-refractivity contribution in [3.05, 3.63) is 52.6 Å². The van der Waals surface area contributed by atoms with E-state index >= 15 is 0 Å². The van der Waals surface area contributed by atoms with E-state index in [4.69, 9.17) is 5.73 Å². The summed E-state index contributed by atoms with van der Waals surface area (Å²) >= 11 is 3.42. The van der Waals surface area contributed by atoms with Crippen LogP contribution in [0.4, 0.5) is 11.5 Å². The molecular formula is C13H14BrN3. The molecule has 2 rings (SSSR count). The third-order valence-corrected chi connectivity index (χ3v) is 3.11. The maximum absolute atomic E-state index is 5.79. The number of nitrogens with one attached hydrogen (secondary N) is 1. The number of aromatic nitrogens is 1. The zero-order valence-electron chi connectivity index (χ0n) is 9.52. The van der Waals surface area contributed by atoms with E-state index in [1.54, 1.807) is 6.20 Å². The summed E-state index contributed by atoms with van der Waals surface area (Å²) in [5, 5.41) is 3.34. The molecule has 0 fully saturated rings. The molecule has 3 nitrogen and oxygen atoms in total. The Labute approximate surface area is 109 Å². The Kier molecular flexibility index (Phi) is 3.64. The van der Waals surface area contributed by atoms with Crippen LogP contribution in [-0.4, -0.2) is 4.98 Å². The summed E-state index contributed by atoms with van der Waals surface area (Å²) in [6.07, 6.45) is 1.69. The van der Waals surface area contributed by atoms with E-state index in [0.717, 1.165) is 10.2 Å². The van der Waals surface area contributed by atoms with Crippen molar-refractivity contribution in [3.63, 3.8) is 0 Å². The predicted octanol–water partition coefficient (Wildman–Crippen LogP) is 3.60. The summed E-state index contributed by atoms with van der Waals surface area (Å²) < 4.78 is 1.08. The van der Waals surface area contributed by atoms with Gasteiger partial charge in [-0.25, -0.2) is 4.98 Å². The number of benzene rings is 1. The first-order valence-electron chi connectivity index (χ1n) is 5.39. The van der Waals surface area contributed by atoms with Crippen molar-refractivity contribution < 1.29 is 0 Å². The number of nitrogens with zero attached hydrogens (tertiary/aromatic N) is 1. The molecule has 0 aliphatic carbocycles. The van der Waals surface area contributed by atoms with Gasteiger partial charge in [-0.15, -0.1) is 0 Å². The lowest BCUT2D eigenvalue weighted by molar-refractivity contribution is 0.883. The normalized spacial score (nSPS) is 12.1. The summed E-state index contributed by atoms with van der Waals surface area (Å²) in [6, 6.07) is 12.2. The van der Waals surface area contributed by atoms with Gasteiger partial charge < -0.3 is 11.1 Å². The van der Waals surface area contributed by atoms with Crippen LogP contribution >= 0.6 is 15.9 Å².